The molecule has 3 N–H and O–H groups in total. The number of urea groups is 1. The van der Waals surface area contributed by atoms with E-state index in [0.717, 1.165) is 32.0 Å². The Morgan fingerprint density at radius 2 is 1.68 bits per heavy atom. The number of nitrogens with one attached hydrogen (secondary N) is 3. The summed E-state index contributed by atoms with van der Waals surface area (Å²) in [5, 5.41) is 6.07. The van der Waals surface area contributed by atoms with Gasteiger partial charge in [-0.05, 0) is 62.7 Å². The largest absolute Gasteiger partial charge is 0.417 e. The SMILES string of the molecule is CN(CCCNS(=O)(=O)c1cc(S(=O)(=O)c2ccccc2)ccc1C(F)(F)F)C(=O)NC1CCNCC1. The van der Waals surface area contributed by atoms with Gasteiger partial charge in [0.1, 0.15) is 0 Å². The number of amides is 2. The van der Waals surface area contributed by atoms with Gasteiger partial charge in [-0.3, -0.25) is 0 Å². The van der Waals surface area contributed by atoms with Crippen LogP contribution in [0.3, 0.4) is 0 Å². The van der Waals surface area contributed by atoms with Gasteiger partial charge in [-0.2, -0.15) is 13.2 Å². The van der Waals surface area contributed by atoms with Gasteiger partial charge in [0.2, 0.25) is 19.9 Å². The Bertz CT molecular complexity index is 1300. The van der Waals surface area contributed by atoms with E-state index in [-0.39, 0.29) is 36.5 Å². The highest BCUT2D eigenvalue weighted by molar-refractivity contribution is 7.91. The fourth-order valence-corrected chi connectivity index (χ4v) is 6.52. The van der Waals surface area contributed by atoms with Crippen LogP contribution in [0.1, 0.15) is 24.8 Å². The number of alkyl halides is 3. The second-order valence-corrected chi connectivity index (χ2v) is 12.3. The molecule has 0 aromatic heterocycles. The molecule has 0 atom stereocenters. The van der Waals surface area contributed by atoms with E-state index in [1.54, 1.807) is 6.07 Å². The smallest absolute Gasteiger partial charge is 0.335 e. The third kappa shape index (κ3) is 7.43. The first-order valence-electron chi connectivity index (χ1n) is 11.6. The highest BCUT2D eigenvalue weighted by Crippen LogP contribution is 2.36. The Labute approximate surface area is 214 Å². The summed E-state index contributed by atoms with van der Waals surface area (Å²) in [6.45, 7) is 1.47. The molecule has 204 valence electrons. The van der Waals surface area contributed by atoms with Gasteiger partial charge in [-0.25, -0.2) is 26.4 Å². The van der Waals surface area contributed by atoms with Crippen molar-refractivity contribution in [3.05, 3.63) is 54.1 Å². The summed E-state index contributed by atoms with van der Waals surface area (Å²) in [4.78, 5) is 11.7. The summed E-state index contributed by atoms with van der Waals surface area (Å²) < 4.78 is 94.4. The highest BCUT2D eigenvalue weighted by atomic mass is 32.2. The predicted molar refractivity (Wildman–Crippen MR) is 130 cm³/mol. The molecule has 1 heterocycles. The Hall–Kier alpha value is -2.68. The molecule has 2 amide bonds. The molecule has 3 rings (SSSR count). The van der Waals surface area contributed by atoms with Gasteiger partial charge < -0.3 is 15.5 Å². The number of nitrogens with zero attached hydrogens (tertiary/aromatic N) is 1. The molecular formula is C23H29F3N4O5S2. The second kappa shape index (κ2) is 11.8. The van der Waals surface area contributed by atoms with Crippen LogP contribution in [0, 0.1) is 0 Å². The standard InChI is InChI=1S/C23H29F3N4O5S2/c1-30(22(31)29-17-10-13-27-14-11-17)15-5-12-28-37(34,35)21-16-19(8-9-20(21)23(24,25)26)36(32,33)18-6-3-2-4-7-18/h2-4,6-9,16-17,27-28H,5,10-15H2,1H3,(H,29,31). The quantitative estimate of drug-likeness (QED) is 0.404. The molecular weight excluding hydrogens is 533 g/mol. The van der Waals surface area contributed by atoms with Crippen molar-refractivity contribution in [1.29, 1.82) is 0 Å². The maximum atomic E-state index is 13.6. The molecule has 14 heteroatoms. The Morgan fingerprint density at radius 1 is 1.03 bits per heavy atom. The van der Waals surface area contributed by atoms with Gasteiger partial charge >= 0.3 is 12.2 Å². The zero-order chi connectivity index (χ0) is 27.3. The fourth-order valence-electron chi connectivity index (χ4n) is 3.82. The summed E-state index contributed by atoms with van der Waals surface area (Å²) >= 11 is 0. The maximum Gasteiger partial charge on any atom is 0.417 e. The number of piperidine rings is 1. The van der Waals surface area contributed by atoms with E-state index in [0.29, 0.717) is 12.1 Å². The molecule has 0 radical (unpaired) electrons. The third-order valence-corrected chi connectivity index (χ3v) is 9.16. The van der Waals surface area contributed by atoms with Gasteiger partial charge in [0.25, 0.3) is 0 Å². The summed E-state index contributed by atoms with van der Waals surface area (Å²) in [6.07, 6.45) is -3.33. The number of hydrogen-bond donors (Lipinski definition) is 3. The molecule has 2 aromatic rings. The molecule has 9 nitrogen and oxygen atoms in total. The van der Waals surface area contributed by atoms with Crippen LogP contribution < -0.4 is 15.4 Å². The van der Waals surface area contributed by atoms with Crippen LogP contribution in [-0.4, -0.2) is 67.0 Å². The lowest BCUT2D eigenvalue weighted by molar-refractivity contribution is -0.139. The summed E-state index contributed by atoms with van der Waals surface area (Å²) in [5.41, 5.74) is -1.48. The van der Waals surface area contributed by atoms with Crippen LogP contribution in [0.15, 0.2) is 63.2 Å². The van der Waals surface area contributed by atoms with E-state index in [2.05, 4.69) is 15.4 Å². The summed E-state index contributed by atoms with van der Waals surface area (Å²) in [5.74, 6) is 0. The van der Waals surface area contributed by atoms with E-state index in [9.17, 15) is 34.8 Å². The van der Waals surface area contributed by atoms with Gasteiger partial charge in [-0.1, -0.05) is 18.2 Å². The van der Waals surface area contributed by atoms with Crippen molar-refractivity contribution in [3.8, 4) is 0 Å². The number of sulfone groups is 1. The van der Waals surface area contributed by atoms with Crippen molar-refractivity contribution in [1.82, 2.24) is 20.3 Å². The molecule has 2 aromatic carbocycles. The minimum atomic E-state index is -5.04. The van der Waals surface area contributed by atoms with Crippen LogP contribution in [0.2, 0.25) is 0 Å². The fraction of sp³-hybridized carbons (Fsp3) is 0.435. The monoisotopic (exact) mass is 562 g/mol. The van der Waals surface area contributed by atoms with Crippen molar-refractivity contribution in [2.75, 3.05) is 33.2 Å². The molecule has 0 unspecified atom stereocenters. The van der Waals surface area contributed by atoms with Gasteiger partial charge in [0, 0.05) is 26.2 Å². The Balaban J connectivity index is 1.71. The third-order valence-electron chi connectivity index (χ3n) is 5.89. The molecule has 37 heavy (non-hydrogen) atoms. The zero-order valence-electron chi connectivity index (χ0n) is 20.1. The number of benzene rings is 2. The number of rotatable bonds is 9. The molecule has 0 bridgehead atoms. The topological polar surface area (TPSA) is 125 Å². The molecule has 1 fully saturated rings. The van der Waals surface area contributed by atoms with Gasteiger partial charge in [0.15, 0.2) is 0 Å². The summed E-state index contributed by atoms with van der Waals surface area (Å²) in [6, 6.07) is 8.40. The number of halogens is 3. The van der Waals surface area contributed by atoms with E-state index in [4.69, 9.17) is 0 Å². The first kappa shape index (κ1) is 28.9. The Kier molecular flexibility index (Phi) is 9.21. The minimum absolute atomic E-state index is 0.0370. The second-order valence-electron chi connectivity index (χ2n) is 8.62. The lowest BCUT2D eigenvalue weighted by Crippen LogP contribution is -2.47. The van der Waals surface area contributed by atoms with Crippen molar-refractivity contribution in [2.24, 2.45) is 0 Å². The molecule has 1 aliphatic rings. The lowest BCUT2D eigenvalue weighted by Gasteiger charge is -2.26. The molecule has 0 spiro atoms. The minimum Gasteiger partial charge on any atom is -0.335 e. The van der Waals surface area contributed by atoms with E-state index in [1.807, 2.05) is 0 Å². The molecule has 0 aliphatic carbocycles. The first-order valence-corrected chi connectivity index (χ1v) is 14.5. The molecule has 1 aliphatic heterocycles. The number of sulfonamides is 1. The van der Waals surface area contributed by atoms with Crippen LogP contribution >= 0.6 is 0 Å². The van der Waals surface area contributed by atoms with E-state index in [1.165, 1.54) is 36.2 Å². The molecule has 0 saturated carbocycles. The zero-order valence-corrected chi connectivity index (χ0v) is 21.7. The van der Waals surface area contributed by atoms with Crippen molar-refractivity contribution >= 4 is 25.9 Å². The van der Waals surface area contributed by atoms with Crippen molar-refractivity contribution < 1.29 is 34.8 Å². The predicted octanol–water partition coefficient (Wildman–Crippen LogP) is 2.60. The molecule has 1 saturated heterocycles. The Morgan fingerprint density at radius 3 is 2.30 bits per heavy atom. The normalized spacial score (nSPS) is 15.4. The maximum absolute atomic E-state index is 13.6. The van der Waals surface area contributed by atoms with Crippen LogP contribution in [-0.2, 0) is 26.0 Å². The van der Waals surface area contributed by atoms with Crippen LogP contribution in [0.25, 0.3) is 0 Å². The van der Waals surface area contributed by atoms with E-state index >= 15 is 0 Å². The van der Waals surface area contributed by atoms with Crippen LogP contribution in [0.4, 0.5) is 18.0 Å². The number of hydrogen-bond acceptors (Lipinski definition) is 6. The van der Waals surface area contributed by atoms with Crippen LogP contribution in [0.5, 0.6) is 0 Å². The van der Waals surface area contributed by atoms with Crippen molar-refractivity contribution in [2.45, 2.75) is 46.2 Å². The van der Waals surface area contributed by atoms with Gasteiger partial charge in [0.05, 0.1) is 20.2 Å². The average molecular weight is 563 g/mol. The lowest BCUT2D eigenvalue weighted by atomic mass is 10.1. The van der Waals surface area contributed by atoms with Crippen molar-refractivity contribution in [3.63, 3.8) is 0 Å². The van der Waals surface area contributed by atoms with Gasteiger partial charge in [-0.15, -0.1) is 0 Å². The number of carbonyl (C=O) groups excluding carboxylic acids is 1. The highest BCUT2D eigenvalue weighted by Gasteiger charge is 2.38. The summed E-state index contributed by atoms with van der Waals surface area (Å²) in [7, 11) is -7.46. The number of carbonyl (C=O) groups is 1. The first-order chi connectivity index (χ1) is 17.3. The average Bonchev–Trinajstić information content (AvgIpc) is 2.86. The van der Waals surface area contributed by atoms with E-state index < -0.39 is 41.4 Å².